The molecule has 4 heteroatoms. The molecule has 96 valence electrons. The first kappa shape index (κ1) is 12.8. The van der Waals surface area contributed by atoms with E-state index in [1.807, 2.05) is 24.6 Å². The van der Waals surface area contributed by atoms with Crippen molar-refractivity contribution >= 4 is 0 Å². The van der Waals surface area contributed by atoms with E-state index in [0.29, 0.717) is 0 Å². The number of hydrogen-bond donors (Lipinski definition) is 1. The van der Waals surface area contributed by atoms with Crippen molar-refractivity contribution in [2.24, 2.45) is 0 Å². The quantitative estimate of drug-likeness (QED) is 0.903. The lowest BCUT2D eigenvalue weighted by atomic mass is 10.0. The van der Waals surface area contributed by atoms with Crippen LogP contribution >= 0.6 is 0 Å². The fourth-order valence-corrected chi connectivity index (χ4v) is 1.95. The number of aryl methyl sites for hydroxylation is 1. The fraction of sp³-hybridized carbons (Fsp3) is 0.357. The van der Waals surface area contributed by atoms with Gasteiger partial charge in [0.25, 0.3) is 0 Å². The summed E-state index contributed by atoms with van der Waals surface area (Å²) in [5.41, 5.74) is 2.46. The molecule has 0 aliphatic heterocycles. The minimum atomic E-state index is -0.230. The summed E-state index contributed by atoms with van der Waals surface area (Å²) < 4.78 is 15.4. The standard InChI is InChI=1S/C14H18FN3/c1-10-5-11(15)7-12(6-10)18-9-17-8-13(18)14(2,3)16-4/h5-9,16H,1-4H3. The van der Waals surface area contributed by atoms with Gasteiger partial charge in [-0.3, -0.25) is 0 Å². The summed E-state index contributed by atoms with van der Waals surface area (Å²) in [4.78, 5) is 4.17. The second-order valence-electron chi connectivity index (χ2n) is 5.01. The van der Waals surface area contributed by atoms with Crippen molar-refractivity contribution in [3.63, 3.8) is 0 Å². The summed E-state index contributed by atoms with van der Waals surface area (Å²) in [7, 11) is 1.90. The Morgan fingerprint density at radius 3 is 2.61 bits per heavy atom. The zero-order valence-corrected chi connectivity index (χ0v) is 11.2. The normalized spacial score (nSPS) is 11.8. The van der Waals surface area contributed by atoms with Gasteiger partial charge < -0.3 is 9.88 Å². The molecule has 0 aliphatic rings. The van der Waals surface area contributed by atoms with Crippen LogP contribution in [0.4, 0.5) is 4.39 Å². The first-order valence-electron chi connectivity index (χ1n) is 5.93. The third-order valence-corrected chi connectivity index (χ3v) is 3.21. The molecule has 0 atom stereocenters. The van der Waals surface area contributed by atoms with Crippen molar-refractivity contribution < 1.29 is 4.39 Å². The van der Waals surface area contributed by atoms with E-state index in [1.165, 1.54) is 12.1 Å². The van der Waals surface area contributed by atoms with Gasteiger partial charge in [0.05, 0.1) is 29.4 Å². The summed E-state index contributed by atoms with van der Waals surface area (Å²) in [5.74, 6) is -0.230. The van der Waals surface area contributed by atoms with E-state index in [4.69, 9.17) is 0 Å². The van der Waals surface area contributed by atoms with Gasteiger partial charge >= 0.3 is 0 Å². The lowest BCUT2D eigenvalue weighted by molar-refractivity contribution is 0.424. The first-order chi connectivity index (χ1) is 8.44. The Balaban J connectivity index is 2.55. The van der Waals surface area contributed by atoms with E-state index < -0.39 is 0 Å². The van der Waals surface area contributed by atoms with Gasteiger partial charge in [0.15, 0.2) is 0 Å². The maximum absolute atomic E-state index is 13.5. The molecule has 1 aromatic heterocycles. The Morgan fingerprint density at radius 2 is 2.00 bits per heavy atom. The Morgan fingerprint density at radius 1 is 1.28 bits per heavy atom. The van der Waals surface area contributed by atoms with Crippen LogP contribution in [-0.4, -0.2) is 16.6 Å². The van der Waals surface area contributed by atoms with Crippen molar-refractivity contribution in [3.8, 4) is 5.69 Å². The number of halogens is 1. The van der Waals surface area contributed by atoms with Gasteiger partial charge in [-0.25, -0.2) is 9.37 Å². The minimum Gasteiger partial charge on any atom is -0.310 e. The van der Waals surface area contributed by atoms with E-state index in [1.54, 1.807) is 12.5 Å². The number of aromatic nitrogens is 2. The molecule has 0 bridgehead atoms. The molecule has 2 aromatic rings. The molecule has 0 radical (unpaired) electrons. The number of benzene rings is 1. The molecule has 18 heavy (non-hydrogen) atoms. The molecule has 0 spiro atoms. The van der Waals surface area contributed by atoms with E-state index >= 15 is 0 Å². The highest BCUT2D eigenvalue weighted by Crippen LogP contribution is 2.23. The maximum Gasteiger partial charge on any atom is 0.125 e. The Kier molecular flexibility index (Phi) is 3.22. The average molecular weight is 247 g/mol. The van der Waals surface area contributed by atoms with Crippen molar-refractivity contribution in [1.29, 1.82) is 0 Å². The molecule has 0 fully saturated rings. The number of imidazole rings is 1. The Labute approximate surface area is 107 Å². The van der Waals surface area contributed by atoms with Gasteiger partial charge in [0.1, 0.15) is 5.82 Å². The van der Waals surface area contributed by atoms with E-state index in [-0.39, 0.29) is 11.4 Å². The third kappa shape index (κ3) is 2.29. The summed E-state index contributed by atoms with van der Waals surface area (Å²) in [6.07, 6.45) is 3.51. The molecular formula is C14H18FN3. The van der Waals surface area contributed by atoms with Crippen molar-refractivity contribution in [2.45, 2.75) is 26.3 Å². The second kappa shape index (κ2) is 4.53. The van der Waals surface area contributed by atoms with Gasteiger partial charge in [-0.15, -0.1) is 0 Å². The highest BCUT2D eigenvalue weighted by molar-refractivity contribution is 5.38. The average Bonchev–Trinajstić information content (AvgIpc) is 2.77. The number of nitrogens with zero attached hydrogens (tertiary/aromatic N) is 2. The van der Waals surface area contributed by atoms with Gasteiger partial charge in [-0.1, -0.05) is 0 Å². The molecule has 1 aromatic carbocycles. The van der Waals surface area contributed by atoms with E-state index in [2.05, 4.69) is 24.1 Å². The molecular weight excluding hydrogens is 229 g/mol. The zero-order valence-electron chi connectivity index (χ0n) is 11.2. The maximum atomic E-state index is 13.5. The predicted octanol–water partition coefficient (Wildman–Crippen LogP) is 2.77. The molecule has 0 saturated heterocycles. The van der Waals surface area contributed by atoms with E-state index in [9.17, 15) is 4.39 Å². The Bertz CT molecular complexity index is 538. The smallest absolute Gasteiger partial charge is 0.125 e. The molecule has 3 nitrogen and oxygen atoms in total. The SMILES string of the molecule is CNC(C)(C)c1cncn1-c1cc(C)cc(F)c1. The number of hydrogen-bond acceptors (Lipinski definition) is 2. The van der Waals surface area contributed by atoms with Gasteiger partial charge in [0.2, 0.25) is 0 Å². The number of nitrogens with one attached hydrogen (secondary N) is 1. The molecule has 0 unspecified atom stereocenters. The van der Waals surface area contributed by atoms with Crippen LogP contribution in [0.15, 0.2) is 30.7 Å². The predicted molar refractivity (Wildman–Crippen MR) is 70.3 cm³/mol. The van der Waals surface area contributed by atoms with Crippen LogP contribution in [0.3, 0.4) is 0 Å². The van der Waals surface area contributed by atoms with Crippen LogP contribution < -0.4 is 5.32 Å². The largest absolute Gasteiger partial charge is 0.310 e. The van der Waals surface area contributed by atoms with Gasteiger partial charge in [-0.2, -0.15) is 0 Å². The molecule has 1 N–H and O–H groups in total. The highest BCUT2D eigenvalue weighted by Gasteiger charge is 2.22. The first-order valence-corrected chi connectivity index (χ1v) is 5.93. The molecule has 0 aliphatic carbocycles. The van der Waals surface area contributed by atoms with Crippen LogP contribution in [0.2, 0.25) is 0 Å². The lowest BCUT2D eigenvalue weighted by Crippen LogP contribution is -2.35. The number of rotatable bonds is 3. The molecule has 1 heterocycles. The van der Waals surface area contributed by atoms with Crippen LogP contribution in [0.25, 0.3) is 5.69 Å². The minimum absolute atomic E-state index is 0.225. The second-order valence-corrected chi connectivity index (χ2v) is 5.01. The summed E-state index contributed by atoms with van der Waals surface area (Å²) in [5, 5.41) is 3.23. The lowest BCUT2D eigenvalue weighted by Gasteiger charge is -2.25. The van der Waals surface area contributed by atoms with Gasteiger partial charge in [0, 0.05) is 0 Å². The summed E-state index contributed by atoms with van der Waals surface area (Å²) >= 11 is 0. The van der Waals surface area contributed by atoms with Crippen LogP contribution in [0.5, 0.6) is 0 Å². The summed E-state index contributed by atoms with van der Waals surface area (Å²) in [6, 6.07) is 4.98. The van der Waals surface area contributed by atoms with Crippen molar-refractivity contribution in [1.82, 2.24) is 14.9 Å². The third-order valence-electron chi connectivity index (χ3n) is 3.21. The monoisotopic (exact) mass is 247 g/mol. The highest BCUT2D eigenvalue weighted by atomic mass is 19.1. The van der Waals surface area contributed by atoms with Crippen molar-refractivity contribution in [3.05, 3.63) is 47.8 Å². The fourth-order valence-electron chi connectivity index (χ4n) is 1.95. The molecule has 0 amide bonds. The summed E-state index contributed by atoms with van der Waals surface area (Å²) in [6.45, 7) is 6.01. The van der Waals surface area contributed by atoms with Gasteiger partial charge in [-0.05, 0) is 51.6 Å². The Hall–Kier alpha value is -1.68. The van der Waals surface area contributed by atoms with Crippen LogP contribution in [-0.2, 0) is 5.54 Å². The van der Waals surface area contributed by atoms with E-state index in [0.717, 1.165) is 16.9 Å². The van der Waals surface area contributed by atoms with Crippen LogP contribution in [0.1, 0.15) is 25.1 Å². The topological polar surface area (TPSA) is 29.9 Å². The molecule has 0 saturated carbocycles. The van der Waals surface area contributed by atoms with Crippen molar-refractivity contribution in [2.75, 3.05) is 7.05 Å². The van der Waals surface area contributed by atoms with Crippen LogP contribution in [0, 0.1) is 12.7 Å². The zero-order chi connectivity index (χ0) is 13.3. The molecule has 2 rings (SSSR count).